The number of aromatic amines is 1. The van der Waals surface area contributed by atoms with E-state index in [4.69, 9.17) is 4.74 Å². The molecule has 20 heavy (non-hydrogen) atoms. The van der Waals surface area contributed by atoms with Crippen LogP contribution >= 0.6 is 0 Å². The lowest BCUT2D eigenvalue weighted by Crippen LogP contribution is -2.34. The van der Waals surface area contributed by atoms with Gasteiger partial charge in [0.1, 0.15) is 11.6 Å². The molecule has 0 spiro atoms. The molecule has 4 heteroatoms. The van der Waals surface area contributed by atoms with E-state index in [2.05, 4.69) is 34.3 Å². The van der Waals surface area contributed by atoms with E-state index in [1.54, 1.807) is 13.3 Å². The molecule has 0 aliphatic carbocycles. The maximum Gasteiger partial charge on any atom is 0.119 e. The first-order chi connectivity index (χ1) is 9.81. The average Bonchev–Trinajstić information content (AvgIpc) is 2.98. The Morgan fingerprint density at radius 3 is 2.95 bits per heavy atom. The molecule has 108 valence electrons. The first-order valence-corrected chi connectivity index (χ1v) is 7.16. The first-order valence-electron chi connectivity index (χ1n) is 7.16. The minimum atomic E-state index is 0.383. The highest BCUT2D eigenvalue weighted by Crippen LogP contribution is 2.15. The van der Waals surface area contributed by atoms with Crippen LogP contribution in [-0.4, -0.2) is 29.7 Å². The fourth-order valence-corrected chi connectivity index (χ4v) is 2.29. The summed E-state index contributed by atoms with van der Waals surface area (Å²) >= 11 is 0. The fourth-order valence-electron chi connectivity index (χ4n) is 2.29. The number of methoxy groups -OCH3 is 1. The lowest BCUT2D eigenvalue weighted by atomic mass is 10.0. The third-order valence-electron chi connectivity index (χ3n) is 3.29. The van der Waals surface area contributed by atoms with Crippen LogP contribution in [0.15, 0.2) is 36.7 Å². The monoisotopic (exact) mass is 273 g/mol. The van der Waals surface area contributed by atoms with E-state index in [1.807, 2.05) is 18.3 Å². The largest absolute Gasteiger partial charge is 0.497 e. The Kier molecular flexibility index (Phi) is 5.62. The molecule has 2 aromatic rings. The van der Waals surface area contributed by atoms with Crippen LogP contribution in [0.25, 0.3) is 0 Å². The number of hydrogen-bond donors (Lipinski definition) is 2. The van der Waals surface area contributed by atoms with Crippen molar-refractivity contribution in [1.82, 2.24) is 15.3 Å². The van der Waals surface area contributed by atoms with E-state index in [-0.39, 0.29) is 0 Å². The molecule has 2 N–H and O–H groups in total. The smallest absolute Gasteiger partial charge is 0.119 e. The van der Waals surface area contributed by atoms with Crippen molar-refractivity contribution in [2.24, 2.45) is 0 Å². The number of ether oxygens (including phenoxy) is 1. The van der Waals surface area contributed by atoms with Gasteiger partial charge in [-0.05, 0) is 37.1 Å². The van der Waals surface area contributed by atoms with Crippen LogP contribution in [0.4, 0.5) is 0 Å². The summed E-state index contributed by atoms with van der Waals surface area (Å²) in [6.07, 6.45) is 6.68. The van der Waals surface area contributed by atoms with Crippen LogP contribution in [-0.2, 0) is 12.8 Å². The van der Waals surface area contributed by atoms with Gasteiger partial charge in [-0.1, -0.05) is 19.1 Å². The van der Waals surface area contributed by atoms with Gasteiger partial charge < -0.3 is 15.0 Å². The van der Waals surface area contributed by atoms with Crippen LogP contribution in [0.2, 0.25) is 0 Å². The molecule has 0 radical (unpaired) electrons. The standard InChI is InChI=1S/C16H23N3O/c1-3-7-17-14(12-16-18-8-9-19-16)10-13-5-4-6-15(11-13)20-2/h4-6,8-9,11,14,17H,3,7,10,12H2,1-2H3,(H,18,19). The van der Waals surface area contributed by atoms with E-state index in [0.29, 0.717) is 6.04 Å². The topological polar surface area (TPSA) is 49.9 Å². The highest BCUT2D eigenvalue weighted by Gasteiger charge is 2.11. The second-order valence-electron chi connectivity index (χ2n) is 4.95. The number of nitrogens with one attached hydrogen (secondary N) is 2. The lowest BCUT2D eigenvalue weighted by Gasteiger charge is -2.18. The van der Waals surface area contributed by atoms with Crippen LogP contribution in [0.1, 0.15) is 24.7 Å². The molecule has 0 bridgehead atoms. The molecule has 0 aliphatic heterocycles. The highest BCUT2D eigenvalue weighted by molar-refractivity contribution is 5.29. The number of hydrogen-bond acceptors (Lipinski definition) is 3. The maximum atomic E-state index is 5.28. The minimum absolute atomic E-state index is 0.383. The van der Waals surface area contributed by atoms with E-state index in [0.717, 1.165) is 37.4 Å². The zero-order chi connectivity index (χ0) is 14.2. The number of rotatable bonds is 8. The summed E-state index contributed by atoms with van der Waals surface area (Å²) in [6, 6.07) is 8.64. The Hall–Kier alpha value is -1.81. The Balaban J connectivity index is 2.02. The Bertz CT molecular complexity index is 496. The minimum Gasteiger partial charge on any atom is -0.497 e. The molecular weight excluding hydrogens is 250 g/mol. The molecule has 0 saturated carbocycles. The Morgan fingerprint density at radius 1 is 1.35 bits per heavy atom. The normalized spacial score (nSPS) is 12.3. The number of imidazole rings is 1. The van der Waals surface area contributed by atoms with Crippen molar-refractivity contribution in [1.29, 1.82) is 0 Å². The molecule has 1 unspecified atom stereocenters. The first kappa shape index (κ1) is 14.6. The van der Waals surface area contributed by atoms with Gasteiger partial charge in [0.15, 0.2) is 0 Å². The van der Waals surface area contributed by atoms with E-state index >= 15 is 0 Å². The Morgan fingerprint density at radius 2 is 2.25 bits per heavy atom. The SMILES string of the molecule is CCCNC(Cc1cccc(OC)c1)Cc1ncc[nH]1. The molecule has 0 aliphatic rings. The predicted molar refractivity (Wildman–Crippen MR) is 81.1 cm³/mol. The van der Waals surface area contributed by atoms with Gasteiger partial charge in [0.05, 0.1) is 7.11 Å². The summed E-state index contributed by atoms with van der Waals surface area (Å²) in [4.78, 5) is 7.50. The summed E-state index contributed by atoms with van der Waals surface area (Å²) in [5.41, 5.74) is 1.28. The number of H-pyrrole nitrogens is 1. The molecule has 0 fully saturated rings. The van der Waals surface area contributed by atoms with Gasteiger partial charge in [-0.3, -0.25) is 0 Å². The van der Waals surface area contributed by atoms with Crippen molar-refractivity contribution in [3.05, 3.63) is 48.0 Å². The lowest BCUT2D eigenvalue weighted by molar-refractivity contribution is 0.413. The third-order valence-corrected chi connectivity index (χ3v) is 3.29. The Labute approximate surface area is 120 Å². The zero-order valence-electron chi connectivity index (χ0n) is 12.2. The maximum absolute atomic E-state index is 5.28. The second-order valence-corrected chi connectivity index (χ2v) is 4.95. The molecular formula is C16H23N3O. The van der Waals surface area contributed by atoms with E-state index < -0.39 is 0 Å². The third kappa shape index (κ3) is 4.38. The van der Waals surface area contributed by atoms with Crippen LogP contribution < -0.4 is 10.1 Å². The summed E-state index contributed by atoms with van der Waals surface area (Å²) in [7, 11) is 1.70. The molecule has 1 aromatic carbocycles. The predicted octanol–water partition coefficient (Wildman–Crippen LogP) is 2.57. The summed E-state index contributed by atoms with van der Waals surface area (Å²) in [5.74, 6) is 1.94. The number of aromatic nitrogens is 2. The van der Waals surface area contributed by atoms with Crippen LogP contribution in [0.5, 0.6) is 5.75 Å². The zero-order valence-corrected chi connectivity index (χ0v) is 12.2. The summed E-state index contributed by atoms with van der Waals surface area (Å²) in [6.45, 7) is 3.21. The van der Waals surface area contributed by atoms with Gasteiger partial charge in [-0.2, -0.15) is 0 Å². The van der Waals surface area contributed by atoms with Crippen LogP contribution in [0, 0.1) is 0 Å². The quantitative estimate of drug-likeness (QED) is 0.777. The molecule has 4 nitrogen and oxygen atoms in total. The van der Waals surface area contributed by atoms with Crippen molar-refractivity contribution in [2.75, 3.05) is 13.7 Å². The number of nitrogens with zero attached hydrogens (tertiary/aromatic N) is 1. The molecule has 1 heterocycles. The van der Waals surface area contributed by atoms with Gasteiger partial charge in [0.25, 0.3) is 0 Å². The van der Waals surface area contributed by atoms with Crippen molar-refractivity contribution >= 4 is 0 Å². The summed E-state index contributed by atoms with van der Waals surface area (Å²) in [5, 5.41) is 3.59. The average molecular weight is 273 g/mol. The fraction of sp³-hybridized carbons (Fsp3) is 0.438. The van der Waals surface area contributed by atoms with E-state index in [1.165, 1.54) is 5.56 Å². The highest BCUT2D eigenvalue weighted by atomic mass is 16.5. The molecule has 0 amide bonds. The van der Waals surface area contributed by atoms with Crippen molar-refractivity contribution in [3.8, 4) is 5.75 Å². The molecule has 0 saturated heterocycles. The van der Waals surface area contributed by atoms with Crippen molar-refractivity contribution in [3.63, 3.8) is 0 Å². The van der Waals surface area contributed by atoms with Gasteiger partial charge in [-0.15, -0.1) is 0 Å². The van der Waals surface area contributed by atoms with Crippen molar-refractivity contribution in [2.45, 2.75) is 32.2 Å². The van der Waals surface area contributed by atoms with Gasteiger partial charge in [0.2, 0.25) is 0 Å². The van der Waals surface area contributed by atoms with E-state index in [9.17, 15) is 0 Å². The van der Waals surface area contributed by atoms with Crippen molar-refractivity contribution < 1.29 is 4.74 Å². The van der Waals surface area contributed by atoms with Gasteiger partial charge in [-0.25, -0.2) is 4.98 Å². The molecule has 2 rings (SSSR count). The number of benzene rings is 1. The van der Waals surface area contributed by atoms with Gasteiger partial charge >= 0.3 is 0 Å². The molecule has 1 aromatic heterocycles. The van der Waals surface area contributed by atoms with Crippen LogP contribution in [0.3, 0.4) is 0 Å². The second kappa shape index (κ2) is 7.70. The summed E-state index contributed by atoms with van der Waals surface area (Å²) < 4.78 is 5.28. The molecule has 1 atom stereocenters. The van der Waals surface area contributed by atoms with Gasteiger partial charge in [0, 0.05) is 24.9 Å².